The monoisotopic (exact) mass is 887 g/mol. The highest BCUT2D eigenvalue weighted by Crippen LogP contribution is 2.87. The molecule has 0 aromatic heterocycles. The number of hydrogen-bond acceptors (Lipinski definition) is 2. The Morgan fingerprint density at radius 1 is 0.347 bits per heavy atom. The first kappa shape index (κ1) is 27.2. The molecule has 35 rings (SSSR count). The minimum atomic E-state index is -0.502. The Morgan fingerprint density at radius 2 is 0.556 bits per heavy atom. The van der Waals surface area contributed by atoms with E-state index in [4.69, 9.17) is 4.74 Å². The molecule has 2 bridgehead atoms. The fourth-order valence-corrected chi connectivity index (χ4v) is 26.7. The predicted octanol–water partition coefficient (Wildman–Crippen LogP) is 18.1. The van der Waals surface area contributed by atoms with Gasteiger partial charge < -0.3 is 4.74 Å². The normalized spacial score (nSPS) is 25.0. The lowest BCUT2D eigenvalue weighted by Crippen LogP contribution is -2.66. The van der Waals surface area contributed by atoms with Crippen molar-refractivity contribution in [2.45, 2.75) is 36.6 Å². The summed E-state index contributed by atoms with van der Waals surface area (Å²) in [5.41, 5.74) is 5.79. The number of benzene rings is 18. The first-order valence-electron chi connectivity index (χ1n) is 27.2. The van der Waals surface area contributed by atoms with Crippen molar-refractivity contribution >= 4 is 297 Å². The van der Waals surface area contributed by atoms with Crippen molar-refractivity contribution in [1.29, 1.82) is 0 Å². The highest BCUT2D eigenvalue weighted by atomic mass is 16.6. The van der Waals surface area contributed by atoms with Crippen molar-refractivity contribution in [3.8, 4) is 0 Å². The number of carbonyl (C=O) groups excluding carboxylic acids is 1. The summed E-state index contributed by atoms with van der Waals surface area (Å²) in [5, 5.41) is 87.7. The van der Waals surface area contributed by atoms with Crippen LogP contribution >= 0.6 is 0 Å². The number of amides is 1. The molecule has 3 heteroatoms. The second-order valence-corrected chi connectivity index (χ2v) is 26.5. The van der Waals surface area contributed by atoms with Crippen molar-refractivity contribution in [3.63, 3.8) is 0 Å². The molecule has 7 aliphatic rings. The van der Waals surface area contributed by atoms with Crippen LogP contribution in [0, 0.1) is 5.92 Å². The molecule has 2 heterocycles. The average Bonchev–Trinajstić information content (AvgIpc) is 4.44. The summed E-state index contributed by atoms with van der Waals surface area (Å²) in [6.45, 7) is 2.38. The van der Waals surface area contributed by atoms with Gasteiger partial charge in [-0.25, -0.2) is 4.79 Å². The Bertz CT molecular complexity index is 7170. The molecule has 3 nitrogen and oxygen atoms in total. The predicted molar refractivity (Wildman–Crippen MR) is 298 cm³/mol. The summed E-state index contributed by atoms with van der Waals surface area (Å²) in [6, 6.07) is -0.0951. The molecule has 28 aromatic rings. The molecule has 2 spiro atoms. The summed E-state index contributed by atoms with van der Waals surface area (Å²) >= 11 is 0. The lowest BCUT2D eigenvalue weighted by Gasteiger charge is -2.62. The zero-order chi connectivity index (χ0) is 43.0. The molecule has 2 atom stereocenters. The largest absolute Gasteiger partial charge is 0.449 e. The van der Waals surface area contributed by atoms with Crippen LogP contribution in [0.15, 0.2) is 12.3 Å². The summed E-state index contributed by atoms with van der Waals surface area (Å²) in [7, 11) is 0. The topological polar surface area (TPSA) is 29.5 Å². The van der Waals surface area contributed by atoms with Gasteiger partial charge in [-0.3, -0.25) is 4.90 Å². The van der Waals surface area contributed by atoms with Gasteiger partial charge in [0.25, 0.3) is 0 Å². The van der Waals surface area contributed by atoms with Crippen LogP contribution in [0.5, 0.6) is 0 Å². The van der Waals surface area contributed by atoms with Gasteiger partial charge in [0, 0.05) is 11.6 Å². The van der Waals surface area contributed by atoms with E-state index < -0.39 is 5.41 Å². The van der Waals surface area contributed by atoms with Crippen LogP contribution in [-0.4, -0.2) is 23.6 Å². The maximum Gasteiger partial charge on any atom is 0.414 e. The number of carbonyl (C=O) groups is 1. The molecular formula is C69H13NO2. The zero-order valence-corrected chi connectivity index (χ0v) is 37.2. The van der Waals surface area contributed by atoms with Crippen LogP contribution in [0.3, 0.4) is 0 Å². The van der Waals surface area contributed by atoms with Gasteiger partial charge >= 0.3 is 6.09 Å². The first-order valence-corrected chi connectivity index (χ1v) is 27.2. The van der Waals surface area contributed by atoms with Gasteiger partial charge in [0.15, 0.2) is 0 Å². The zero-order valence-electron chi connectivity index (χ0n) is 37.2. The summed E-state index contributed by atoms with van der Waals surface area (Å²) in [4.78, 5) is 17.5. The van der Waals surface area contributed by atoms with Gasteiger partial charge in [-0.05, 0) is 339 Å². The molecule has 1 amide bonds. The Hall–Kier alpha value is -8.53. The van der Waals surface area contributed by atoms with Crippen molar-refractivity contribution < 1.29 is 9.53 Å². The third-order valence-corrected chi connectivity index (χ3v) is 26.5. The molecule has 0 radical (unpaired) electrons. The number of ether oxygens (including phenoxy) is 1. The van der Waals surface area contributed by atoms with Gasteiger partial charge in [0.05, 0.1) is 18.1 Å². The number of nitrogens with zero attached hydrogens (tertiary/aromatic N) is 1. The van der Waals surface area contributed by atoms with Crippen LogP contribution in [0.25, 0.3) is 291 Å². The van der Waals surface area contributed by atoms with Crippen LogP contribution in [0.2, 0.25) is 0 Å². The Balaban J connectivity index is 1.16. The molecule has 72 heavy (non-hydrogen) atoms. The lowest BCUT2D eigenvalue weighted by atomic mass is 9.39. The quantitative estimate of drug-likeness (QED) is 0.154. The Kier molecular flexibility index (Phi) is 2.33. The van der Waals surface area contributed by atoms with E-state index in [0.29, 0.717) is 6.61 Å². The highest BCUT2D eigenvalue weighted by Gasteiger charge is 2.76. The Labute approximate surface area is 393 Å². The number of hydrogen-bond donors (Lipinski definition) is 0. The molecule has 0 saturated heterocycles. The molecular weight excluding hydrogens is 875 g/mol. The summed E-state index contributed by atoms with van der Waals surface area (Å²) in [5.74, 6) is 0.212. The molecule has 28 aromatic carbocycles. The van der Waals surface area contributed by atoms with Crippen molar-refractivity contribution in [1.82, 2.24) is 4.90 Å². The van der Waals surface area contributed by atoms with E-state index in [0.717, 1.165) is 12.8 Å². The minimum Gasteiger partial charge on any atom is -0.449 e. The number of rotatable bonds is 1. The number of fused-ring (bicyclic) bond motifs is 2. The van der Waals surface area contributed by atoms with E-state index in [1.54, 1.807) is 313 Å². The van der Waals surface area contributed by atoms with Crippen molar-refractivity contribution in [3.05, 3.63) is 34.5 Å². The third-order valence-electron chi connectivity index (χ3n) is 26.5. The maximum absolute atomic E-state index is 15.3. The van der Waals surface area contributed by atoms with Crippen molar-refractivity contribution in [2.24, 2.45) is 5.92 Å². The van der Waals surface area contributed by atoms with Gasteiger partial charge in [-0.2, -0.15) is 0 Å². The smallest absolute Gasteiger partial charge is 0.414 e. The van der Waals surface area contributed by atoms with Crippen LogP contribution in [-0.2, 0) is 15.6 Å². The molecule has 306 valence electrons. The second-order valence-electron chi connectivity index (χ2n) is 26.5. The van der Waals surface area contributed by atoms with E-state index >= 15 is 4.79 Å². The van der Waals surface area contributed by atoms with Gasteiger partial charge in [0.1, 0.15) is 0 Å². The lowest BCUT2D eigenvalue weighted by molar-refractivity contribution is 0.0589. The van der Waals surface area contributed by atoms with E-state index in [1.807, 2.05) is 6.92 Å². The van der Waals surface area contributed by atoms with Crippen LogP contribution < -0.4 is 0 Å². The SMILES string of the molecule is CCOC(=O)N1C=C[C@@H]2CC[C@H]1C13c4c5c6c7c8c9c(c%10c%11c1c1c4c4c%12c5c5c6c6c8c8c%13c9c9c%10c%10c%11c%11c1c1c4c4c%12c%12c5c5c6c8c6c8c%13c9c9c%10c%10c%11c1c1c4c4c%12c5c6c5c8c9c%10c1c45)C723. The van der Waals surface area contributed by atoms with Gasteiger partial charge in [-0.15, -0.1) is 0 Å². The summed E-state index contributed by atoms with van der Waals surface area (Å²) < 4.78 is 6.30. The highest BCUT2D eigenvalue weighted by molar-refractivity contribution is 6.82. The third kappa shape index (κ3) is 1.42. The molecule has 1 saturated carbocycles. The summed E-state index contributed by atoms with van der Waals surface area (Å²) in [6.07, 6.45) is 6.75. The second kappa shape index (κ2) is 6.18. The fourth-order valence-electron chi connectivity index (χ4n) is 26.7. The van der Waals surface area contributed by atoms with E-state index in [9.17, 15) is 0 Å². The molecule has 0 unspecified atom stereocenters. The minimum absolute atomic E-state index is 0.0951. The van der Waals surface area contributed by atoms with Gasteiger partial charge in [0.2, 0.25) is 0 Å². The van der Waals surface area contributed by atoms with Gasteiger partial charge in [-0.1, -0.05) is 6.08 Å². The average molecular weight is 888 g/mol. The van der Waals surface area contributed by atoms with Crippen LogP contribution in [0.1, 0.15) is 42.0 Å². The van der Waals surface area contributed by atoms with E-state index in [2.05, 4.69) is 17.2 Å². The standard InChI is InChI=1S/C69H13NO2/c1-2-72-67(71)70-6-5-7-3-4-8(70)69-65-59-53-43-35-25-17-13-10-9-11-15(17)23-31(25)45(53)51-41-33(23)27-19(11)20-12(9)16-18-14(10)22-21(13)29(35)39-40-30(22)36-26(18)32-24(16)34-28(20)38-37(27)47(41)55-56-48(38)42(34)52-46(32)54-44(36)50(40)62(61(65)49(39)43)66(69)60(54)58(52)64(56)68(7,69)63(55)57(51)59/h5-8H,2-4H2,1H3/t7-,8-,68?,69?/m0/s1. The molecule has 1 fully saturated rings. The van der Waals surface area contributed by atoms with E-state index in [-0.39, 0.29) is 23.5 Å². The van der Waals surface area contributed by atoms with Crippen LogP contribution in [0.4, 0.5) is 4.79 Å². The van der Waals surface area contributed by atoms with E-state index in [1.165, 1.54) is 0 Å². The molecule has 0 N–H and O–H groups in total. The Morgan fingerprint density at radius 3 is 0.778 bits per heavy atom. The number of allylic oxidation sites excluding steroid dienone is 1. The molecule has 2 aliphatic heterocycles. The van der Waals surface area contributed by atoms with Crippen molar-refractivity contribution in [2.75, 3.05) is 6.61 Å². The maximum atomic E-state index is 15.3. The fraction of sp³-hybridized carbons (Fsp3) is 0.116. The first-order chi connectivity index (χ1) is 35.8. The molecule has 5 aliphatic carbocycles.